The first-order valence-electron chi connectivity index (χ1n) is 6.13. The second-order valence-electron chi connectivity index (χ2n) is 4.51. The van der Waals surface area contributed by atoms with E-state index in [4.69, 9.17) is 0 Å². The molecular weight excluding hydrogens is 216 g/mol. The highest BCUT2D eigenvalue weighted by Crippen LogP contribution is 2.32. The van der Waals surface area contributed by atoms with Gasteiger partial charge in [0.05, 0.1) is 11.3 Å². The van der Waals surface area contributed by atoms with Gasteiger partial charge in [-0.05, 0) is 44.0 Å². The van der Waals surface area contributed by atoms with Crippen LogP contribution in [0, 0.1) is 5.92 Å². The summed E-state index contributed by atoms with van der Waals surface area (Å²) in [7, 11) is 0. The average Bonchev–Trinajstić information content (AvgIpc) is 2.84. The molecule has 0 bridgehead atoms. The SMILES string of the molecule is CCC(c1ncccc1C(=O)O)C1CCNC1. The fraction of sp³-hybridized carbons (Fsp3) is 0.538. The van der Waals surface area contributed by atoms with Crippen molar-refractivity contribution >= 4 is 5.97 Å². The quantitative estimate of drug-likeness (QED) is 0.835. The highest BCUT2D eigenvalue weighted by molar-refractivity contribution is 5.89. The Hall–Kier alpha value is -1.42. The van der Waals surface area contributed by atoms with Crippen LogP contribution in [0.1, 0.15) is 41.7 Å². The van der Waals surface area contributed by atoms with Gasteiger partial charge in [0, 0.05) is 12.1 Å². The van der Waals surface area contributed by atoms with E-state index in [0.717, 1.165) is 31.6 Å². The van der Waals surface area contributed by atoms with E-state index in [1.54, 1.807) is 18.3 Å². The van der Waals surface area contributed by atoms with Crippen LogP contribution < -0.4 is 5.32 Å². The van der Waals surface area contributed by atoms with Crippen molar-refractivity contribution in [3.8, 4) is 0 Å². The summed E-state index contributed by atoms with van der Waals surface area (Å²) in [6, 6.07) is 3.34. The molecule has 2 heterocycles. The van der Waals surface area contributed by atoms with Crippen LogP contribution in [0.4, 0.5) is 0 Å². The molecule has 2 unspecified atom stereocenters. The standard InChI is InChI=1S/C13H18N2O2/c1-2-10(9-5-7-14-8-9)12-11(13(16)17)4-3-6-15-12/h3-4,6,9-10,14H,2,5,7-8H2,1H3,(H,16,17). The minimum absolute atomic E-state index is 0.247. The third-order valence-corrected chi connectivity index (χ3v) is 3.53. The van der Waals surface area contributed by atoms with Crippen LogP contribution in [0.2, 0.25) is 0 Å². The Morgan fingerprint density at radius 1 is 1.71 bits per heavy atom. The molecule has 1 aromatic heterocycles. The summed E-state index contributed by atoms with van der Waals surface area (Å²) in [5.41, 5.74) is 1.10. The number of nitrogens with zero attached hydrogens (tertiary/aromatic N) is 1. The summed E-state index contributed by atoms with van der Waals surface area (Å²) in [4.78, 5) is 15.5. The molecule has 2 atom stereocenters. The van der Waals surface area contributed by atoms with Crippen LogP contribution in [0.5, 0.6) is 0 Å². The van der Waals surface area contributed by atoms with Crippen molar-refractivity contribution in [2.24, 2.45) is 5.92 Å². The predicted octanol–water partition coefficient (Wildman–Crippen LogP) is 1.88. The summed E-state index contributed by atoms with van der Waals surface area (Å²) in [5, 5.41) is 12.5. The van der Waals surface area contributed by atoms with Crippen LogP contribution in [-0.2, 0) is 0 Å². The lowest BCUT2D eigenvalue weighted by atomic mass is 9.84. The number of aromatic carboxylic acids is 1. The number of pyridine rings is 1. The first-order chi connectivity index (χ1) is 8.24. The lowest BCUT2D eigenvalue weighted by Crippen LogP contribution is -2.19. The Morgan fingerprint density at radius 3 is 3.12 bits per heavy atom. The average molecular weight is 234 g/mol. The smallest absolute Gasteiger partial charge is 0.337 e. The maximum absolute atomic E-state index is 11.2. The number of carboxylic acid groups (broad SMARTS) is 1. The Bertz CT molecular complexity index is 400. The molecule has 92 valence electrons. The second-order valence-corrected chi connectivity index (χ2v) is 4.51. The minimum Gasteiger partial charge on any atom is -0.478 e. The third-order valence-electron chi connectivity index (χ3n) is 3.53. The maximum atomic E-state index is 11.2. The van der Waals surface area contributed by atoms with Crippen molar-refractivity contribution in [3.63, 3.8) is 0 Å². The molecule has 0 radical (unpaired) electrons. The van der Waals surface area contributed by atoms with Gasteiger partial charge >= 0.3 is 5.97 Å². The molecule has 0 aromatic carbocycles. The molecule has 1 aliphatic rings. The number of rotatable bonds is 4. The maximum Gasteiger partial charge on any atom is 0.337 e. The van der Waals surface area contributed by atoms with Gasteiger partial charge in [0.1, 0.15) is 0 Å². The second kappa shape index (κ2) is 5.27. The molecule has 4 heteroatoms. The zero-order valence-electron chi connectivity index (χ0n) is 10.0. The first-order valence-corrected chi connectivity index (χ1v) is 6.13. The molecule has 1 aromatic rings. The summed E-state index contributed by atoms with van der Waals surface area (Å²) in [6.07, 6.45) is 3.73. The molecule has 1 aliphatic heterocycles. The Morgan fingerprint density at radius 2 is 2.53 bits per heavy atom. The van der Waals surface area contributed by atoms with Gasteiger partial charge in [-0.2, -0.15) is 0 Å². The molecule has 1 saturated heterocycles. The summed E-state index contributed by atoms with van der Waals surface area (Å²) in [5.74, 6) is -0.122. The van der Waals surface area contributed by atoms with Crippen molar-refractivity contribution in [2.45, 2.75) is 25.7 Å². The summed E-state index contributed by atoms with van der Waals surface area (Å²) in [6.45, 7) is 4.09. The van der Waals surface area contributed by atoms with Crippen LogP contribution in [-0.4, -0.2) is 29.1 Å². The minimum atomic E-state index is -0.877. The molecule has 17 heavy (non-hydrogen) atoms. The lowest BCUT2D eigenvalue weighted by molar-refractivity contribution is 0.0694. The molecule has 0 amide bonds. The van der Waals surface area contributed by atoms with Gasteiger partial charge in [0.15, 0.2) is 0 Å². The van der Waals surface area contributed by atoms with Gasteiger partial charge in [-0.1, -0.05) is 6.92 Å². The fourth-order valence-corrected chi connectivity index (χ4v) is 2.66. The van der Waals surface area contributed by atoms with Crippen molar-refractivity contribution < 1.29 is 9.90 Å². The van der Waals surface area contributed by atoms with E-state index in [2.05, 4.69) is 17.2 Å². The number of hydrogen-bond donors (Lipinski definition) is 2. The number of hydrogen-bond acceptors (Lipinski definition) is 3. The summed E-state index contributed by atoms with van der Waals surface area (Å²) >= 11 is 0. The third kappa shape index (κ3) is 2.47. The van der Waals surface area contributed by atoms with E-state index in [1.165, 1.54) is 0 Å². The van der Waals surface area contributed by atoms with Crippen LogP contribution in [0.15, 0.2) is 18.3 Å². The van der Waals surface area contributed by atoms with E-state index >= 15 is 0 Å². The Balaban J connectivity index is 2.32. The van der Waals surface area contributed by atoms with E-state index in [-0.39, 0.29) is 5.92 Å². The van der Waals surface area contributed by atoms with Gasteiger partial charge in [-0.3, -0.25) is 4.98 Å². The van der Waals surface area contributed by atoms with Gasteiger partial charge in [-0.25, -0.2) is 4.79 Å². The van der Waals surface area contributed by atoms with Gasteiger partial charge in [0.25, 0.3) is 0 Å². The molecule has 0 aliphatic carbocycles. The van der Waals surface area contributed by atoms with E-state index in [9.17, 15) is 9.90 Å². The van der Waals surface area contributed by atoms with Gasteiger partial charge in [-0.15, -0.1) is 0 Å². The van der Waals surface area contributed by atoms with E-state index < -0.39 is 5.97 Å². The Kier molecular flexibility index (Phi) is 3.74. The number of aromatic nitrogens is 1. The largest absolute Gasteiger partial charge is 0.478 e. The predicted molar refractivity (Wildman–Crippen MR) is 65.2 cm³/mol. The van der Waals surface area contributed by atoms with E-state index in [0.29, 0.717) is 11.5 Å². The van der Waals surface area contributed by atoms with Crippen molar-refractivity contribution in [1.29, 1.82) is 0 Å². The molecule has 2 N–H and O–H groups in total. The van der Waals surface area contributed by atoms with Crippen molar-refractivity contribution in [1.82, 2.24) is 10.3 Å². The van der Waals surface area contributed by atoms with Crippen LogP contribution in [0.25, 0.3) is 0 Å². The van der Waals surface area contributed by atoms with E-state index in [1.807, 2.05) is 0 Å². The van der Waals surface area contributed by atoms with Crippen molar-refractivity contribution in [3.05, 3.63) is 29.6 Å². The van der Waals surface area contributed by atoms with Gasteiger partial charge < -0.3 is 10.4 Å². The number of carbonyl (C=O) groups is 1. The monoisotopic (exact) mass is 234 g/mol. The molecule has 4 nitrogen and oxygen atoms in total. The van der Waals surface area contributed by atoms with Crippen LogP contribution in [0.3, 0.4) is 0 Å². The Labute approximate surface area is 101 Å². The van der Waals surface area contributed by atoms with Crippen LogP contribution >= 0.6 is 0 Å². The molecule has 2 rings (SSSR count). The zero-order chi connectivity index (χ0) is 12.3. The first kappa shape index (κ1) is 12.0. The fourth-order valence-electron chi connectivity index (χ4n) is 2.66. The summed E-state index contributed by atoms with van der Waals surface area (Å²) < 4.78 is 0. The zero-order valence-corrected chi connectivity index (χ0v) is 10.0. The van der Waals surface area contributed by atoms with Crippen molar-refractivity contribution in [2.75, 3.05) is 13.1 Å². The topological polar surface area (TPSA) is 62.2 Å². The highest BCUT2D eigenvalue weighted by Gasteiger charge is 2.28. The molecular formula is C13H18N2O2. The molecule has 1 fully saturated rings. The number of nitrogens with one attached hydrogen (secondary N) is 1. The molecule has 0 spiro atoms. The number of carboxylic acids is 1. The lowest BCUT2D eigenvalue weighted by Gasteiger charge is -2.22. The molecule has 0 saturated carbocycles. The highest BCUT2D eigenvalue weighted by atomic mass is 16.4. The van der Waals surface area contributed by atoms with Gasteiger partial charge in [0.2, 0.25) is 0 Å². The normalized spacial score (nSPS) is 21.4.